The van der Waals surface area contributed by atoms with Crippen LogP contribution in [0.25, 0.3) is 10.7 Å². The zero-order chi connectivity index (χ0) is 9.97. The van der Waals surface area contributed by atoms with Crippen LogP contribution >= 0.6 is 11.3 Å². The third kappa shape index (κ3) is 2.00. The molecule has 0 aliphatic rings. The van der Waals surface area contributed by atoms with E-state index in [9.17, 15) is 0 Å². The molecular weight excluding hydrogens is 196 g/mol. The van der Waals surface area contributed by atoms with Crippen LogP contribution in [-0.4, -0.2) is 21.2 Å². The first-order chi connectivity index (χ1) is 6.75. The molecule has 3 N–H and O–H groups in total. The lowest BCUT2D eigenvalue weighted by atomic mass is 10.2. The number of hydrogen-bond acceptors (Lipinski definition) is 4. The van der Waals surface area contributed by atoms with E-state index in [-0.39, 0.29) is 6.04 Å². The molecule has 0 aromatic carbocycles. The highest BCUT2D eigenvalue weighted by Gasteiger charge is 2.07. The largest absolute Gasteiger partial charge is 0.328 e. The molecule has 2 aromatic rings. The van der Waals surface area contributed by atoms with E-state index in [1.807, 2.05) is 24.4 Å². The molecule has 2 rings (SSSR count). The maximum atomic E-state index is 5.67. The molecule has 5 heteroatoms. The molecule has 0 aliphatic heterocycles. The van der Waals surface area contributed by atoms with Gasteiger partial charge in [0.1, 0.15) is 5.82 Å². The quantitative estimate of drug-likeness (QED) is 0.801. The summed E-state index contributed by atoms with van der Waals surface area (Å²) in [5.41, 5.74) is 5.67. The SMILES string of the molecule is CC(N)Cc1nc(-c2cccs2)n[nH]1. The number of nitrogens with zero attached hydrogens (tertiary/aromatic N) is 2. The van der Waals surface area contributed by atoms with Crippen molar-refractivity contribution in [2.24, 2.45) is 5.73 Å². The molecule has 1 unspecified atom stereocenters. The Hall–Kier alpha value is -1.20. The van der Waals surface area contributed by atoms with Gasteiger partial charge in [0.25, 0.3) is 0 Å². The van der Waals surface area contributed by atoms with Crippen LogP contribution in [0.5, 0.6) is 0 Å². The highest BCUT2D eigenvalue weighted by atomic mass is 32.1. The highest BCUT2D eigenvalue weighted by molar-refractivity contribution is 7.13. The van der Waals surface area contributed by atoms with Crippen LogP contribution in [-0.2, 0) is 6.42 Å². The molecule has 2 aromatic heterocycles. The Morgan fingerprint density at radius 2 is 2.50 bits per heavy atom. The molecule has 4 nitrogen and oxygen atoms in total. The molecule has 0 saturated heterocycles. The summed E-state index contributed by atoms with van der Waals surface area (Å²) in [6.07, 6.45) is 0.734. The Kier molecular flexibility index (Phi) is 2.60. The van der Waals surface area contributed by atoms with Gasteiger partial charge in [0, 0.05) is 12.5 Å². The number of aromatic nitrogens is 3. The molecular formula is C9H12N4S. The first kappa shape index (κ1) is 9.36. The first-order valence-electron chi connectivity index (χ1n) is 4.46. The summed E-state index contributed by atoms with van der Waals surface area (Å²) >= 11 is 1.63. The van der Waals surface area contributed by atoms with Gasteiger partial charge < -0.3 is 5.73 Å². The van der Waals surface area contributed by atoms with Crippen LogP contribution in [0.3, 0.4) is 0 Å². The topological polar surface area (TPSA) is 67.6 Å². The Bertz CT molecular complexity index is 391. The highest BCUT2D eigenvalue weighted by Crippen LogP contribution is 2.20. The average molecular weight is 208 g/mol. The monoisotopic (exact) mass is 208 g/mol. The maximum absolute atomic E-state index is 5.67. The zero-order valence-electron chi connectivity index (χ0n) is 7.90. The van der Waals surface area contributed by atoms with E-state index in [0.717, 1.165) is 22.9 Å². The second kappa shape index (κ2) is 3.89. The van der Waals surface area contributed by atoms with E-state index in [0.29, 0.717) is 0 Å². The molecule has 0 fully saturated rings. The summed E-state index contributed by atoms with van der Waals surface area (Å²) in [6, 6.07) is 4.10. The van der Waals surface area contributed by atoms with Crippen LogP contribution in [0.2, 0.25) is 0 Å². The smallest absolute Gasteiger partial charge is 0.191 e. The van der Waals surface area contributed by atoms with Crippen LogP contribution < -0.4 is 5.73 Å². The third-order valence-electron chi connectivity index (χ3n) is 1.79. The summed E-state index contributed by atoms with van der Waals surface area (Å²) < 4.78 is 0. The number of hydrogen-bond donors (Lipinski definition) is 2. The van der Waals surface area contributed by atoms with Gasteiger partial charge in [-0.2, -0.15) is 5.10 Å². The predicted molar refractivity (Wildman–Crippen MR) is 57.0 cm³/mol. The summed E-state index contributed by atoms with van der Waals surface area (Å²) in [6.45, 7) is 1.95. The van der Waals surface area contributed by atoms with Gasteiger partial charge >= 0.3 is 0 Å². The Balaban J connectivity index is 2.18. The summed E-state index contributed by atoms with van der Waals surface area (Å²) in [4.78, 5) is 5.44. The van der Waals surface area contributed by atoms with Crippen molar-refractivity contribution in [1.29, 1.82) is 0 Å². The van der Waals surface area contributed by atoms with E-state index in [2.05, 4.69) is 15.2 Å². The maximum Gasteiger partial charge on any atom is 0.191 e. The van der Waals surface area contributed by atoms with Crippen molar-refractivity contribution < 1.29 is 0 Å². The lowest BCUT2D eigenvalue weighted by Crippen LogP contribution is -2.18. The van der Waals surface area contributed by atoms with Crippen molar-refractivity contribution in [2.45, 2.75) is 19.4 Å². The number of thiophene rings is 1. The number of H-pyrrole nitrogens is 1. The fourth-order valence-corrected chi connectivity index (χ4v) is 1.87. The molecule has 0 bridgehead atoms. The van der Waals surface area contributed by atoms with E-state index in [4.69, 9.17) is 5.73 Å². The molecule has 74 valence electrons. The molecule has 0 saturated carbocycles. The van der Waals surface area contributed by atoms with Gasteiger partial charge in [0.2, 0.25) is 0 Å². The van der Waals surface area contributed by atoms with Crippen molar-refractivity contribution in [3.63, 3.8) is 0 Å². The lowest BCUT2D eigenvalue weighted by Gasteiger charge is -1.98. The minimum atomic E-state index is 0.110. The molecule has 0 amide bonds. The van der Waals surface area contributed by atoms with Gasteiger partial charge in [-0.1, -0.05) is 6.07 Å². The van der Waals surface area contributed by atoms with Gasteiger partial charge in [0.05, 0.1) is 4.88 Å². The van der Waals surface area contributed by atoms with Gasteiger partial charge in [-0.15, -0.1) is 11.3 Å². The van der Waals surface area contributed by atoms with Crippen molar-refractivity contribution in [2.75, 3.05) is 0 Å². The number of aromatic amines is 1. The average Bonchev–Trinajstić information content (AvgIpc) is 2.69. The number of nitrogens with one attached hydrogen (secondary N) is 1. The lowest BCUT2D eigenvalue weighted by molar-refractivity contribution is 0.705. The molecule has 2 heterocycles. The second-order valence-electron chi connectivity index (χ2n) is 3.26. The van der Waals surface area contributed by atoms with Crippen molar-refractivity contribution >= 4 is 11.3 Å². The van der Waals surface area contributed by atoms with Crippen LogP contribution in [0.1, 0.15) is 12.7 Å². The zero-order valence-corrected chi connectivity index (χ0v) is 8.71. The number of rotatable bonds is 3. The van der Waals surface area contributed by atoms with Gasteiger partial charge in [0.15, 0.2) is 5.82 Å². The first-order valence-corrected chi connectivity index (χ1v) is 5.34. The van der Waals surface area contributed by atoms with Gasteiger partial charge in [-0.25, -0.2) is 4.98 Å². The standard InChI is InChI=1S/C9H12N4S/c1-6(10)5-8-11-9(13-12-8)7-3-2-4-14-7/h2-4,6H,5,10H2,1H3,(H,11,12,13). The minimum Gasteiger partial charge on any atom is -0.328 e. The van der Waals surface area contributed by atoms with Crippen LogP contribution in [0.4, 0.5) is 0 Å². The van der Waals surface area contributed by atoms with E-state index >= 15 is 0 Å². The molecule has 1 atom stereocenters. The minimum absolute atomic E-state index is 0.110. The number of nitrogens with two attached hydrogens (primary N) is 1. The van der Waals surface area contributed by atoms with E-state index in [1.165, 1.54) is 0 Å². The summed E-state index contributed by atoms with van der Waals surface area (Å²) in [7, 11) is 0. The van der Waals surface area contributed by atoms with Gasteiger partial charge in [-0.05, 0) is 18.4 Å². The van der Waals surface area contributed by atoms with E-state index < -0.39 is 0 Å². The van der Waals surface area contributed by atoms with Crippen LogP contribution in [0, 0.1) is 0 Å². The fourth-order valence-electron chi connectivity index (χ4n) is 1.21. The fraction of sp³-hybridized carbons (Fsp3) is 0.333. The summed E-state index contributed by atoms with van der Waals surface area (Å²) in [5.74, 6) is 1.61. The molecule has 0 radical (unpaired) electrons. The second-order valence-corrected chi connectivity index (χ2v) is 4.21. The molecule has 0 aliphatic carbocycles. The van der Waals surface area contributed by atoms with Crippen molar-refractivity contribution in [1.82, 2.24) is 15.2 Å². The Labute approximate surface area is 86.2 Å². The van der Waals surface area contributed by atoms with E-state index in [1.54, 1.807) is 11.3 Å². The van der Waals surface area contributed by atoms with Crippen molar-refractivity contribution in [3.05, 3.63) is 23.3 Å². The molecule has 14 heavy (non-hydrogen) atoms. The Morgan fingerprint density at radius 1 is 1.64 bits per heavy atom. The summed E-state index contributed by atoms with van der Waals surface area (Å²) in [5, 5.41) is 9.03. The normalized spacial score (nSPS) is 13.0. The van der Waals surface area contributed by atoms with Gasteiger partial charge in [-0.3, -0.25) is 5.10 Å². The predicted octanol–water partition coefficient (Wildman–Crippen LogP) is 1.42. The third-order valence-corrected chi connectivity index (χ3v) is 2.65. The molecule has 0 spiro atoms. The van der Waals surface area contributed by atoms with Crippen molar-refractivity contribution in [3.8, 4) is 10.7 Å². The van der Waals surface area contributed by atoms with Crippen LogP contribution in [0.15, 0.2) is 17.5 Å². The Morgan fingerprint density at radius 3 is 3.14 bits per heavy atom.